The fraction of sp³-hybridized carbons (Fsp3) is 0.600. The maximum absolute atomic E-state index is 3.62. The van der Waals surface area contributed by atoms with Crippen LogP contribution in [0.15, 0.2) is 15.9 Å². The van der Waals surface area contributed by atoms with Gasteiger partial charge in [0.25, 0.3) is 0 Å². The molecule has 0 nitrogen and oxygen atoms in total. The predicted octanol–water partition coefficient (Wildman–Crippen LogP) is 5.24. The van der Waals surface area contributed by atoms with E-state index < -0.39 is 0 Å². The van der Waals surface area contributed by atoms with Gasteiger partial charge in [0.05, 0.1) is 0 Å². The Balaban J connectivity index is 2.79. The monoisotopic (exact) mass is 402 g/mol. The van der Waals surface area contributed by atoms with Crippen molar-refractivity contribution in [3.05, 3.63) is 20.8 Å². The molecule has 0 fully saturated rings. The van der Waals surface area contributed by atoms with Gasteiger partial charge in [-0.3, -0.25) is 0 Å². The Morgan fingerprint density at radius 2 is 2.00 bits per heavy atom. The molecule has 4 heteroatoms. The molecule has 0 aliphatic carbocycles. The SMILES string of the molecule is CCC(CBr)(CBr)Cc1sccc1Br. The first-order chi connectivity index (χ1) is 6.67. The van der Waals surface area contributed by atoms with Crippen molar-refractivity contribution in [1.82, 2.24) is 0 Å². The predicted molar refractivity (Wildman–Crippen MR) is 76.0 cm³/mol. The van der Waals surface area contributed by atoms with Crippen molar-refractivity contribution in [2.24, 2.45) is 5.41 Å². The highest BCUT2D eigenvalue weighted by Gasteiger charge is 2.27. The third kappa shape index (κ3) is 3.06. The Bertz CT molecular complexity index is 270. The minimum atomic E-state index is 0.355. The lowest BCUT2D eigenvalue weighted by Crippen LogP contribution is -2.26. The van der Waals surface area contributed by atoms with Crippen molar-refractivity contribution in [1.29, 1.82) is 0 Å². The standard InChI is InChI=1S/C10H13Br3S/c1-2-10(6-11,7-12)5-9-8(13)3-4-14-9/h3-4H,2,5-7H2,1H3. The second kappa shape index (κ2) is 6.02. The Morgan fingerprint density at radius 3 is 2.36 bits per heavy atom. The fourth-order valence-electron chi connectivity index (χ4n) is 1.24. The van der Waals surface area contributed by atoms with Gasteiger partial charge < -0.3 is 0 Å². The van der Waals surface area contributed by atoms with Crippen LogP contribution in [0.1, 0.15) is 18.2 Å². The lowest BCUT2D eigenvalue weighted by atomic mass is 9.86. The van der Waals surface area contributed by atoms with Gasteiger partial charge in [0.1, 0.15) is 0 Å². The molecule has 14 heavy (non-hydrogen) atoms. The van der Waals surface area contributed by atoms with Crippen molar-refractivity contribution in [3.63, 3.8) is 0 Å². The smallest absolute Gasteiger partial charge is 0.0314 e. The molecule has 0 aliphatic rings. The van der Waals surface area contributed by atoms with Gasteiger partial charge in [-0.2, -0.15) is 0 Å². The van der Waals surface area contributed by atoms with E-state index >= 15 is 0 Å². The normalized spacial score (nSPS) is 12.0. The van der Waals surface area contributed by atoms with Crippen molar-refractivity contribution in [2.45, 2.75) is 19.8 Å². The molecule has 0 unspecified atom stereocenters. The van der Waals surface area contributed by atoms with Crippen LogP contribution in [-0.2, 0) is 6.42 Å². The summed E-state index contributed by atoms with van der Waals surface area (Å²) in [5.41, 5.74) is 0.355. The number of rotatable bonds is 5. The van der Waals surface area contributed by atoms with Gasteiger partial charge in [0.2, 0.25) is 0 Å². The first-order valence-corrected chi connectivity index (χ1v) is 8.43. The van der Waals surface area contributed by atoms with E-state index in [0.29, 0.717) is 5.41 Å². The summed E-state index contributed by atoms with van der Waals surface area (Å²) >= 11 is 12.7. The van der Waals surface area contributed by atoms with Crippen molar-refractivity contribution < 1.29 is 0 Å². The first kappa shape index (κ1) is 13.2. The van der Waals surface area contributed by atoms with Crippen LogP contribution < -0.4 is 0 Å². The van der Waals surface area contributed by atoms with Crippen molar-refractivity contribution in [3.8, 4) is 0 Å². The molecular weight excluding hydrogens is 392 g/mol. The first-order valence-electron chi connectivity index (χ1n) is 4.51. The summed E-state index contributed by atoms with van der Waals surface area (Å²) in [7, 11) is 0. The molecule has 0 bridgehead atoms. The minimum Gasteiger partial charge on any atom is -0.148 e. The molecule has 0 atom stereocenters. The Kier molecular flexibility index (Phi) is 5.68. The molecule has 0 radical (unpaired) electrons. The Morgan fingerprint density at radius 1 is 1.36 bits per heavy atom. The zero-order valence-corrected chi connectivity index (χ0v) is 13.6. The maximum atomic E-state index is 3.62. The zero-order chi connectivity index (χ0) is 10.6. The van der Waals surface area contributed by atoms with Crippen LogP contribution in [0.2, 0.25) is 0 Å². The van der Waals surface area contributed by atoms with E-state index in [4.69, 9.17) is 0 Å². The van der Waals surface area contributed by atoms with Gasteiger partial charge in [-0.05, 0) is 45.6 Å². The average Bonchev–Trinajstić information content (AvgIpc) is 2.61. The lowest BCUT2D eigenvalue weighted by molar-refractivity contribution is 0.376. The Hall–Kier alpha value is 1.14. The zero-order valence-electron chi connectivity index (χ0n) is 8.03. The van der Waals surface area contributed by atoms with Gasteiger partial charge in [-0.1, -0.05) is 38.8 Å². The van der Waals surface area contributed by atoms with E-state index in [1.54, 1.807) is 0 Å². The summed E-state index contributed by atoms with van der Waals surface area (Å²) in [5, 5.41) is 4.24. The highest BCUT2D eigenvalue weighted by atomic mass is 79.9. The van der Waals surface area contributed by atoms with Crippen LogP contribution in [0, 0.1) is 5.41 Å². The van der Waals surface area contributed by atoms with Crippen LogP contribution in [0.5, 0.6) is 0 Å². The van der Waals surface area contributed by atoms with Crippen LogP contribution in [0.3, 0.4) is 0 Å². The molecular formula is C10H13Br3S. The molecule has 0 saturated heterocycles. The summed E-state index contributed by atoms with van der Waals surface area (Å²) in [6.07, 6.45) is 2.33. The van der Waals surface area contributed by atoms with E-state index in [2.05, 4.69) is 66.2 Å². The van der Waals surface area contributed by atoms with Gasteiger partial charge in [-0.15, -0.1) is 11.3 Å². The summed E-state index contributed by atoms with van der Waals surface area (Å²) in [6, 6.07) is 2.13. The van der Waals surface area contributed by atoms with Crippen LogP contribution >= 0.6 is 59.1 Å². The molecule has 0 saturated carbocycles. The molecule has 0 spiro atoms. The quantitative estimate of drug-likeness (QED) is 0.589. The van der Waals surface area contributed by atoms with E-state index in [9.17, 15) is 0 Å². The number of thiophene rings is 1. The van der Waals surface area contributed by atoms with Gasteiger partial charge in [-0.25, -0.2) is 0 Å². The van der Waals surface area contributed by atoms with Gasteiger partial charge in [0.15, 0.2) is 0 Å². The number of alkyl halides is 2. The van der Waals surface area contributed by atoms with Crippen LogP contribution in [0.4, 0.5) is 0 Å². The number of hydrogen-bond acceptors (Lipinski definition) is 1. The third-order valence-electron chi connectivity index (χ3n) is 2.54. The van der Waals surface area contributed by atoms with Gasteiger partial charge >= 0.3 is 0 Å². The third-order valence-corrected chi connectivity index (χ3v) is 6.85. The molecule has 0 aliphatic heterocycles. The van der Waals surface area contributed by atoms with Crippen molar-refractivity contribution in [2.75, 3.05) is 10.7 Å². The molecule has 1 aromatic rings. The van der Waals surface area contributed by atoms with Crippen LogP contribution in [-0.4, -0.2) is 10.7 Å². The number of hydrogen-bond donors (Lipinski definition) is 0. The van der Waals surface area contributed by atoms with E-state index in [1.165, 1.54) is 15.8 Å². The molecule has 0 N–H and O–H groups in total. The second-order valence-corrected chi connectivity index (χ2v) is 6.47. The highest BCUT2D eigenvalue weighted by molar-refractivity contribution is 9.10. The Labute approximate surface area is 115 Å². The molecule has 1 aromatic heterocycles. The molecule has 80 valence electrons. The topological polar surface area (TPSA) is 0 Å². The summed E-state index contributed by atoms with van der Waals surface area (Å²) in [5.74, 6) is 0. The van der Waals surface area contributed by atoms with Crippen LogP contribution in [0.25, 0.3) is 0 Å². The minimum absolute atomic E-state index is 0.355. The summed E-state index contributed by atoms with van der Waals surface area (Å²) < 4.78 is 1.25. The summed E-state index contributed by atoms with van der Waals surface area (Å²) in [4.78, 5) is 1.45. The fourth-order valence-corrected chi connectivity index (χ4v) is 5.02. The largest absolute Gasteiger partial charge is 0.148 e. The molecule has 1 rings (SSSR count). The molecule has 0 amide bonds. The molecule has 1 heterocycles. The maximum Gasteiger partial charge on any atom is 0.0314 e. The lowest BCUT2D eigenvalue weighted by Gasteiger charge is -2.28. The van der Waals surface area contributed by atoms with Crippen molar-refractivity contribution >= 4 is 59.1 Å². The van der Waals surface area contributed by atoms with E-state index in [1.807, 2.05) is 11.3 Å². The summed E-state index contributed by atoms with van der Waals surface area (Å²) in [6.45, 7) is 2.25. The average molecular weight is 405 g/mol. The van der Waals surface area contributed by atoms with E-state index in [-0.39, 0.29) is 0 Å². The van der Waals surface area contributed by atoms with Gasteiger partial charge in [0, 0.05) is 20.0 Å². The van der Waals surface area contributed by atoms with E-state index in [0.717, 1.165) is 17.1 Å². The molecule has 0 aromatic carbocycles. The second-order valence-electron chi connectivity index (χ2n) is 3.49. The number of halogens is 3. The highest BCUT2D eigenvalue weighted by Crippen LogP contribution is 2.36.